The number of carbonyl (C=O) groups is 2. The summed E-state index contributed by atoms with van der Waals surface area (Å²) in [6.07, 6.45) is -1.02. The van der Waals surface area contributed by atoms with Gasteiger partial charge in [-0.2, -0.15) is 13.2 Å². The Kier molecular flexibility index (Phi) is 10.8. The second-order valence-electron chi connectivity index (χ2n) is 6.64. The summed E-state index contributed by atoms with van der Waals surface area (Å²) in [6.45, 7) is 7.65. The van der Waals surface area contributed by atoms with Crippen molar-refractivity contribution in [2.75, 3.05) is 6.61 Å². The maximum absolute atomic E-state index is 12.4. The average molecular weight is 450 g/mol. The first-order valence-electron chi connectivity index (χ1n) is 9.65. The molecule has 0 aliphatic rings. The zero-order valence-corrected chi connectivity index (χ0v) is 17.8. The van der Waals surface area contributed by atoms with Crippen molar-refractivity contribution in [3.8, 4) is 5.75 Å². The predicted octanol–water partition coefficient (Wildman–Crippen LogP) is 5.90. The minimum absolute atomic E-state index is 0.141. The van der Waals surface area contributed by atoms with Crippen LogP contribution in [0.2, 0.25) is 0 Å². The van der Waals surface area contributed by atoms with Gasteiger partial charge in [-0.3, -0.25) is 0 Å². The number of rotatable bonds is 8. The largest absolute Gasteiger partial charge is 0.489 e. The molecule has 0 bridgehead atoms. The Labute approximate surface area is 184 Å². The SMILES string of the molecule is C=C(C)C(=O)OCCC.O=C(O)C=Cc1ccc(OCc2ccc(C(F)(F)F)cc2)cc1. The van der Waals surface area contributed by atoms with E-state index in [-0.39, 0.29) is 12.6 Å². The summed E-state index contributed by atoms with van der Waals surface area (Å²) in [5.74, 6) is -0.790. The van der Waals surface area contributed by atoms with E-state index < -0.39 is 17.7 Å². The predicted molar refractivity (Wildman–Crippen MR) is 115 cm³/mol. The van der Waals surface area contributed by atoms with Gasteiger partial charge in [-0.15, -0.1) is 0 Å². The lowest BCUT2D eigenvalue weighted by Gasteiger charge is -2.09. The lowest BCUT2D eigenvalue weighted by Crippen LogP contribution is -2.05. The van der Waals surface area contributed by atoms with Crippen LogP contribution in [0, 0.1) is 0 Å². The summed E-state index contributed by atoms with van der Waals surface area (Å²) in [6, 6.07) is 11.4. The summed E-state index contributed by atoms with van der Waals surface area (Å²) < 4.78 is 47.5. The smallest absolute Gasteiger partial charge is 0.416 e. The van der Waals surface area contributed by atoms with Gasteiger partial charge in [0.1, 0.15) is 12.4 Å². The van der Waals surface area contributed by atoms with E-state index in [0.29, 0.717) is 29.1 Å². The number of carboxylic acid groups (broad SMARTS) is 1. The highest BCUT2D eigenvalue weighted by Crippen LogP contribution is 2.29. The average Bonchev–Trinajstić information content (AvgIpc) is 2.75. The molecule has 0 unspecified atom stereocenters. The number of carbonyl (C=O) groups excluding carboxylic acids is 1. The van der Waals surface area contributed by atoms with Crippen LogP contribution in [0.1, 0.15) is 37.0 Å². The van der Waals surface area contributed by atoms with Crippen molar-refractivity contribution in [1.82, 2.24) is 0 Å². The van der Waals surface area contributed by atoms with Crippen molar-refractivity contribution in [2.45, 2.75) is 33.1 Å². The molecule has 2 aromatic carbocycles. The molecule has 0 saturated heterocycles. The van der Waals surface area contributed by atoms with Gasteiger partial charge in [-0.05, 0) is 54.8 Å². The van der Waals surface area contributed by atoms with E-state index in [0.717, 1.165) is 24.6 Å². The molecule has 8 heteroatoms. The maximum atomic E-state index is 12.4. The zero-order valence-electron chi connectivity index (χ0n) is 17.8. The minimum Gasteiger partial charge on any atom is -0.489 e. The summed E-state index contributed by atoms with van der Waals surface area (Å²) >= 11 is 0. The molecule has 0 radical (unpaired) electrons. The molecule has 0 heterocycles. The summed E-state index contributed by atoms with van der Waals surface area (Å²) in [5.41, 5.74) is 1.08. The fraction of sp³-hybridized carbons (Fsp3) is 0.250. The first-order valence-corrected chi connectivity index (χ1v) is 9.65. The highest BCUT2D eigenvalue weighted by atomic mass is 19.4. The number of ether oxygens (including phenoxy) is 2. The third-order valence-electron chi connectivity index (χ3n) is 3.77. The van der Waals surface area contributed by atoms with E-state index in [1.165, 1.54) is 18.2 Å². The lowest BCUT2D eigenvalue weighted by molar-refractivity contribution is -0.139. The number of aliphatic carboxylic acids is 1. The molecular weight excluding hydrogens is 425 g/mol. The third kappa shape index (κ3) is 10.5. The molecule has 172 valence electrons. The number of esters is 1. The van der Waals surface area contributed by atoms with Crippen LogP contribution in [-0.4, -0.2) is 23.7 Å². The van der Waals surface area contributed by atoms with Crippen LogP contribution in [0.15, 0.2) is 66.8 Å². The van der Waals surface area contributed by atoms with Crippen LogP contribution >= 0.6 is 0 Å². The van der Waals surface area contributed by atoms with Gasteiger partial charge >= 0.3 is 18.1 Å². The Morgan fingerprint density at radius 1 is 1.06 bits per heavy atom. The number of carboxylic acids is 1. The molecule has 0 aliphatic carbocycles. The zero-order chi connectivity index (χ0) is 24.1. The molecule has 2 aromatic rings. The van der Waals surface area contributed by atoms with Gasteiger partial charge in [0.15, 0.2) is 0 Å². The van der Waals surface area contributed by atoms with Gasteiger partial charge < -0.3 is 14.6 Å². The van der Waals surface area contributed by atoms with E-state index >= 15 is 0 Å². The minimum atomic E-state index is -4.35. The van der Waals surface area contributed by atoms with Crippen LogP contribution in [0.5, 0.6) is 5.75 Å². The number of halogens is 3. The fourth-order valence-corrected chi connectivity index (χ4v) is 2.12. The van der Waals surface area contributed by atoms with E-state index in [2.05, 4.69) is 6.58 Å². The topological polar surface area (TPSA) is 72.8 Å². The Balaban J connectivity index is 0.000000482. The maximum Gasteiger partial charge on any atom is 0.416 e. The molecule has 2 rings (SSSR count). The van der Waals surface area contributed by atoms with Gasteiger partial charge in [0, 0.05) is 11.6 Å². The molecule has 0 fully saturated rings. The van der Waals surface area contributed by atoms with E-state index in [4.69, 9.17) is 14.6 Å². The molecule has 0 amide bonds. The Morgan fingerprint density at radius 3 is 2.12 bits per heavy atom. The van der Waals surface area contributed by atoms with E-state index in [9.17, 15) is 22.8 Å². The first kappa shape index (κ1) is 26.5. The second kappa shape index (κ2) is 13.0. The van der Waals surface area contributed by atoms with Crippen molar-refractivity contribution >= 4 is 18.0 Å². The quantitative estimate of drug-likeness (QED) is 0.401. The highest BCUT2D eigenvalue weighted by molar-refractivity contribution is 5.86. The van der Waals surface area contributed by atoms with Crippen molar-refractivity contribution in [1.29, 1.82) is 0 Å². The summed E-state index contributed by atoms with van der Waals surface area (Å²) in [5, 5.41) is 8.53. The Morgan fingerprint density at radius 2 is 1.66 bits per heavy atom. The van der Waals surface area contributed by atoms with Crippen LogP contribution in [0.4, 0.5) is 13.2 Å². The third-order valence-corrected chi connectivity index (χ3v) is 3.77. The molecule has 32 heavy (non-hydrogen) atoms. The van der Waals surface area contributed by atoms with Gasteiger partial charge in [0.2, 0.25) is 0 Å². The molecule has 0 aromatic heterocycles. The van der Waals surface area contributed by atoms with Gasteiger partial charge in [0.05, 0.1) is 12.2 Å². The first-order chi connectivity index (χ1) is 15.0. The van der Waals surface area contributed by atoms with Gasteiger partial charge in [0.25, 0.3) is 0 Å². The Hall–Kier alpha value is -3.55. The molecule has 1 N–H and O–H groups in total. The van der Waals surface area contributed by atoms with Crippen molar-refractivity contribution < 1.29 is 37.3 Å². The van der Waals surface area contributed by atoms with Crippen LogP contribution in [0.25, 0.3) is 6.08 Å². The number of hydrogen-bond donors (Lipinski definition) is 1. The van der Waals surface area contributed by atoms with Crippen molar-refractivity contribution in [3.05, 3.63) is 83.4 Å². The van der Waals surface area contributed by atoms with E-state index in [1.54, 1.807) is 31.2 Å². The molecule has 0 saturated carbocycles. The molecule has 0 aliphatic heterocycles. The molecule has 0 spiro atoms. The normalized spacial score (nSPS) is 10.8. The summed E-state index contributed by atoms with van der Waals surface area (Å²) in [4.78, 5) is 21.0. The lowest BCUT2D eigenvalue weighted by atomic mass is 10.1. The number of benzene rings is 2. The number of hydrogen-bond acceptors (Lipinski definition) is 4. The van der Waals surface area contributed by atoms with Crippen LogP contribution < -0.4 is 4.74 Å². The van der Waals surface area contributed by atoms with Crippen molar-refractivity contribution in [2.24, 2.45) is 0 Å². The van der Waals surface area contributed by atoms with Crippen LogP contribution in [-0.2, 0) is 27.1 Å². The van der Waals surface area contributed by atoms with Gasteiger partial charge in [-0.1, -0.05) is 37.8 Å². The van der Waals surface area contributed by atoms with Crippen molar-refractivity contribution in [3.63, 3.8) is 0 Å². The van der Waals surface area contributed by atoms with Crippen LogP contribution in [0.3, 0.4) is 0 Å². The standard InChI is InChI=1S/C17H13F3O3.C7H12O2/c18-17(19,20)14-6-1-13(2-7-14)11-23-15-8-3-12(4-9-15)5-10-16(21)22;1-4-5-9-7(8)6(2)3/h1-10H,11H2,(H,21,22);2,4-5H2,1,3H3. The molecule has 5 nitrogen and oxygen atoms in total. The molecule has 0 atom stereocenters. The van der Waals surface area contributed by atoms with Gasteiger partial charge in [-0.25, -0.2) is 9.59 Å². The monoisotopic (exact) mass is 450 g/mol. The summed E-state index contributed by atoms with van der Waals surface area (Å²) in [7, 11) is 0. The number of alkyl halides is 3. The highest BCUT2D eigenvalue weighted by Gasteiger charge is 2.29. The molecular formula is C24H25F3O5. The van der Waals surface area contributed by atoms with E-state index in [1.807, 2.05) is 6.92 Å². The second-order valence-corrected chi connectivity index (χ2v) is 6.64. The fourth-order valence-electron chi connectivity index (χ4n) is 2.12. The Bertz CT molecular complexity index is 914.